The second kappa shape index (κ2) is 11.3. The van der Waals surface area contributed by atoms with Gasteiger partial charge >= 0.3 is 0 Å². The number of piperidine rings is 1. The quantitative estimate of drug-likeness (QED) is 0.164. The van der Waals surface area contributed by atoms with Crippen molar-refractivity contribution in [1.29, 1.82) is 0 Å². The van der Waals surface area contributed by atoms with E-state index in [9.17, 15) is 10.1 Å². The van der Waals surface area contributed by atoms with E-state index in [1.807, 2.05) is 24.3 Å². The summed E-state index contributed by atoms with van der Waals surface area (Å²) in [5.74, 6) is 13.1. The number of benzene rings is 3. The van der Waals surface area contributed by atoms with Crippen molar-refractivity contribution in [3.05, 3.63) is 111 Å². The van der Waals surface area contributed by atoms with Crippen LogP contribution >= 0.6 is 25.3 Å². The molecule has 0 aromatic heterocycles. The van der Waals surface area contributed by atoms with Crippen molar-refractivity contribution < 1.29 is 4.92 Å². The third-order valence-electron chi connectivity index (χ3n) is 5.90. The van der Waals surface area contributed by atoms with Crippen molar-refractivity contribution in [1.82, 2.24) is 4.90 Å². The Morgan fingerprint density at radius 3 is 1.50 bits per heavy atom. The third kappa shape index (κ3) is 6.46. The van der Waals surface area contributed by atoms with Crippen LogP contribution in [-0.4, -0.2) is 27.6 Å². The molecule has 3 aromatic rings. The van der Waals surface area contributed by atoms with Crippen LogP contribution in [0.3, 0.4) is 0 Å². The molecular formula is C28H24N2O2S2. The Hall–Kier alpha value is -3.16. The summed E-state index contributed by atoms with van der Waals surface area (Å²) in [6.45, 7) is 2.05. The predicted octanol–water partition coefficient (Wildman–Crippen LogP) is 5.72. The Labute approximate surface area is 211 Å². The summed E-state index contributed by atoms with van der Waals surface area (Å²) < 4.78 is 0.0229. The highest BCUT2D eigenvalue weighted by atomic mass is 32.2. The Kier molecular flexibility index (Phi) is 7.98. The predicted molar refractivity (Wildman–Crippen MR) is 143 cm³/mol. The first kappa shape index (κ1) is 24.0. The highest BCUT2D eigenvalue weighted by molar-refractivity contribution is 7.99. The lowest BCUT2D eigenvalue weighted by atomic mass is 9.89. The van der Waals surface area contributed by atoms with Crippen LogP contribution in [0.15, 0.2) is 72.8 Å². The minimum Gasteiger partial charge on any atom is -0.283 e. The fourth-order valence-electron chi connectivity index (χ4n) is 3.89. The SMILES string of the molecule is O=[N+]([O-])c1ccc(C#Cc2ccc(C#Cc3ccc(C4CCN(C(S)S)CC4)cc3)cc2)cc1. The average molecular weight is 485 g/mol. The Balaban J connectivity index is 1.35. The maximum atomic E-state index is 10.7. The van der Waals surface area contributed by atoms with Gasteiger partial charge in [0, 0.05) is 47.5 Å². The van der Waals surface area contributed by atoms with Gasteiger partial charge in [-0.25, -0.2) is 0 Å². The summed E-state index contributed by atoms with van der Waals surface area (Å²) in [5.41, 5.74) is 4.94. The number of hydrogen-bond acceptors (Lipinski definition) is 5. The molecule has 0 spiro atoms. The molecule has 0 N–H and O–H groups in total. The molecule has 1 aliphatic rings. The zero-order chi connectivity index (χ0) is 23.9. The van der Waals surface area contributed by atoms with Gasteiger partial charge < -0.3 is 0 Å². The van der Waals surface area contributed by atoms with Gasteiger partial charge in [-0.2, -0.15) is 0 Å². The largest absolute Gasteiger partial charge is 0.283 e. The molecule has 1 saturated heterocycles. The van der Waals surface area contributed by atoms with E-state index in [0.29, 0.717) is 5.92 Å². The van der Waals surface area contributed by atoms with Crippen LogP contribution in [0.2, 0.25) is 0 Å². The number of nitro groups is 1. The molecule has 0 saturated carbocycles. The van der Waals surface area contributed by atoms with Gasteiger partial charge in [-0.3, -0.25) is 15.0 Å². The van der Waals surface area contributed by atoms with Gasteiger partial charge in [0.1, 0.15) is 0 Å². The summed E-state index contributed by atoms with van der Waals surface area (Å²) in [7, 11) is 0. The molecule has 0 atom stereocenters. The smallest absolute Gasteiger partial charge is 0.269 e. The molecule has 0 aliphatic carbocycles. The van der Waals surface area contributed by atoms with E-state index in [2.05, 4.69) is 78.1 Å². The lowest BCUT2D eigenvalue weighted by Crippen LogP contribution is -2.35. The maximum absolute atomic E-state index is 10.7. The van der Waals surface area contributed by atoms with Gasteiger partial charge in [0.2, 0.25) is 0 Å². The van der Waals surface area contributed by atoms with Crippen LogP contribution in [0.1, 0.15) is 46.6 Å². The van der Waals surface area contributed by atoms with Crippen LogP contribution in [0.5, 0.6) is 0 Å². The van der Waals surface area contributed by atoms with Crippen molar-refractivity contribution in [2.24, 2.45) is 0 Å². The zero-order valence-corrected chi connectivity index (χ0v) is 20.3. The molecule has 1 fully saturated rings. The van der Waals surface area contributed by atoms with E-state index in [1.54, 1.807) is 12.1 Å². The molecule has 0 radical (unpaired) electrons. The molecule has 0 amide bonds. The van der Waals surface area contributed by atoms with E-state index in [0.717, 1.165) is 48.2 Å². The number of thiol groups is 2. The summed E-state index contributed by atoms with van der Waals surface area (Å²) in [6.07, 6.45) is 2.25. The second-order valence-electron chi connectivity index (χ2n) is 8.16. The number of rotatable bonds is 3. The van der Waals surface area contributed by atoms with Gasteiger partial charge in [-0.05, 0) is 72.9 Å². The van der Waals surface area contributed by atoms with E-state index >= 15 is 0 Å². The summed E-state index contributed by atoms with van der Waals surface area (Å²) in [6, 6.07) is 22.6. The number of likely N-dealkylation sites (tertiary alicyclic amines) is 1. The highest BCUT2D eigenvalue weighted by Crippen LogP contribution is 2.30. The van der Waals surface area contributed by atoms with Crippen molar-refractivity contribution in [3.63, 3.8) is 0 Å². The first-order valence-corrected chi connectivity index (χ1v) is 12.1. The van der Waals surface area contributed by atoms with E-state index < -0.39 is 4.92 Å². The van der Waals surface area contributed by atoms with Crippen LogP contribution in [-0.2, 0) is 0 Å². The minimum atomic E-state index is -0.419. The van der Waals surface area contributed by atoms with Gasteiger partial charge in [0.05, 0.1) is 9.63 Å². The monoisotopic (exact) mass is 484 g/mol. The van der Waals surface area contributed by atoms with Crippen molar-refractivity contribution in [2.45, 2.75) is 23.5 Å². The molecular weight excluding hydrogens is 460 g/mol. The van der Waals surface area contributed by atoms with E-state index in [-0.39, 0.29) is 10.4 Å². The molecule has 170 valence electrons. The molecule has 34 heavy (non-hydrogen) atoms. The molecule has 0 unspecified atom stereocenters. The summed E-state index contributed by atoms with van der Waals surface area (Å²) >= 11 is 8.83. The standard InChI is InChI=1S/C28H24N2O2S2/c31-30(32)27-15-11-24(12-16-27)8-6-22-3-1-21(2-4-22)5-7-23-9-13-25(14-10-23)26-17-19-29(20-18-26)28(33)34/h1-4,9-16,26,28,33-34H,17-20H2. The fourth-order valence-corrected chi connectivity index (χ4v) is 4.36. The number of hydrogen-bond donors (Lipinski definition) is 2. The Bertz CT molecular complexity index is 1250. The Morgan fingerprint density at radius 2 is 1.12 bits per heavy atom. The van der Waals surface area contributed by atoms with Crippen LogP contribution in [0.4, 0.5) is 5.69 Å². The Morgan fingerprint density at radius 1 is 0.735 bits per heavy atom. The average Bonchev–Trinajstić information content (AvgIpc) is 2.87. The van der Waals surface area contributed by atoms with Crippen molar-refractivity contribution >= 4 is 30.9 Å². The topological polar surface area (TPSA) is 46.4 Å². The fraction of sp³-hybridized carbons (Fsp3) is 0.214. The molecule has 4 rings (SSSR count). The summed E-state index contributed by atoms with van der Waals surface area (Å²) in [4.78, 5) is 12.6. The first-order valence-electron chi connectivity index (χ1n) is 11.1. The van der Waals surface area contributed by atoms with Crippen LogP contribution < -0.4 is 0 Å². The number of nitrogens with zero attached hydrogens (tertiary/aromatic N) is 2. The van der Waals surface area contributed by atoms with Gasteiger partial charge in [-0.1, -0.05) is 35.8 Å². The van der Waals surface area contributed by atoms with Crippen LogP contribution in [0, 0.1) is 33.8 Å². The molecule has 4 nitrogen and oxygen atoms in total. The molecule has 6 heteroatoms. The second-order valence-corrected chi connectivity index (χ2v) is 9.55. The van der Waals surface area contributed by atoms with Crippen molar-refractivity contribution in [2.75, 3.05) is 13.1 Å². The molecule has 1 heterocycles. The molecule has 1 aliphatic heterocycles. The van der Waals surface area contributed by atoms with Gasteiger partial charge in [-0.15, -0.1) is 25.3 Å². The van der Waals surface area contributed by atoms with Crippen LogP contribution in [0.25, 0.3) is 0 Å². The lowest BCUT2D eigenvalue weighted by Gasteiger charge is -2.33. The van der Waals surface area contributed by atoms with Gasteiger partial charge in [0.15, 0.2) is 0 Å². The van der Waals surface area contributed by atoms with E-state index in [4.69, 9.17) is 0 Å². The molecule has 0 bridgehead atoms. The minimum absolute atomic E-state index is 0.0229. The maximum Gasteiger partial charge on any atom is 0.269 e. The van der Waals surface area contributed by atoms with Gasteiger partial charge in [0.25, 0.3) is 5.69 Å². The third-order valence-corrected chi connectivity index (χ3v) is 6.56. The highest BCUT2D eigenvalue weighted by Gasteiger charge is 2.22. The normalized spacial score (nSPS) is 14.1. The zero-order valence-electron chi connectivity index (χ0n) is 18.5. The van der Waals surface area contributed by atoms with Crippen molar-refractivity contribution in [3.8, 4) is 23.7 Å². The lowest BCUT2D eigenvalue weighted by molar-refractivity contribution is -0.384. The first-order chi connectivity index (χ1) is 16.5. The molecule has 3 aromatic carbocycles. The number of non-ortho nitro benzene ring substituents is 1. The van der Waals surface area contributed by atoms with E-state index in [1.165, 1.54) is 17.7 Å². The summed E-state index contributed by atoms with van der Waals surface area (Å²) in [5, 5.41) is 10.7. The number of nitro benzene ring substituents is 1.